The number of aliphatic hydroxyl groups is 2. The SMILES string of the molecule is COC1/C=C/OC2(C)Oc3c(C)c(O)c4c(O)c(cc(OCC(=O)N(C)Cc5ccccc5)c4c3C2=O)NC(=O)/C(C)=C/C=C/C(C)C(O)C(C)C(O)C(C)C(OC(C)=O)C1C. The molecular weight excluding hydrogens is 801 g/mol. The highest BCUT2D eigenvalue weighted by atomic mass is 16.7. The van der Waals surface area contributed by atoms with E-state index in [1.54, 1.807) is 46.9 Å². The first-order chi connectivity index (χ1) is 29.2. The number of carbonyl (C=O) groups is 4. The number of nitrogens with one attached hydrogen (secondary N) is 1. The highest BCUT2D eigenvalue weighted by molar-refractivity contribution is 6.21. The molecule has 0 saturated heterocycles. The number of carbonyl (C=O) groups excluding carboxylic acids is 4. The van der Waals surface area contributed by atoms with Crippen LogP contribution in [0.15, 0.2) is 72.5 Å². The first-order valence-corrected chi connectivity index (χ1v) is 20.5. The van der Waals surface area contributed by atoms with Crippen molar-refractivity contribution in [2.75, 3.05) is 26.1 Å². The van der Waals surface area contributed by atoms with Crippen molar-refractivity contribution < 1.29 is 63.3 Å². The van der Waals surface area contributed by atoms with Crippen molar-refractivity contribution in [1.82, 2.24) is 4.90 Å². The standard InChI is InChI=1S/C47H58N2O13/c1-24-15-14-16-25(2)46(57)48-32-21-34(59-23-35(51)49(9)22-31-17-12-11-13-18-31)36-37(42(32)55)41(54)29(6)44-38(36)45(56)47(8,62-44)60-20-19-33(58-10)26(3)43(61-30(7)50)28(5)40(53)27(4)39(24)52/h11-21,24,26-28,33,39-40,43,52-55H,22-23H2,1-10H3,(H,48,57)/b15-14+,20-19+,25-16+. The third-order valence-electron chi connectivity index (χ3n) is 11.9. The lowest BCUT2D eigenvalue weighted by molar-refractivity contribution is -0.160. The number of hydrogen-bond donors (Lipinski definition) is 5. The van der Waals surface area contributed by atoms with Crippen molar-refractivity contribution in [3.05, 3.63) is 89.2 Å². The van der Waals surface area contributed by atoms with E-state index in [1.807, 2.05) is 30.3 Å². The fraction of sp³-hybridized carbons (Fsp3) is 0.447. The van der Waals surface area contributed by atoms with E-state index < -0.39 is 95.5 Å². The number of phenolic OH excluding ortho intramolecular Hbond substituents is 2. The average molecular weight is 859 g/mol. The van der Waals surface area contributed by atoms with E-state index in [0.717, 1.165) is 5.56 Å². The molecular formula is C47H58N2O13. The number of hydrogen-bond acceptors (Lipinski definition) is 13. The molecule has 2 amide bonds. The van der Waals surface area contributed by atoms with Crippen LogP contribution in [0.1, 0.15) is 70.0 Å². The van der Waals surface area contributed by atoms with Crippen LogP contribution in [-0.4, -0.2) is 99.9 Å². The van der Waals surface area contributed by atoms with Gasteiger partial charge >= 0.3 is 11.8 Å². The first kappa shape index (κ1) is 47.2. The minimum absolute atomic E-state index is 0.0676. The van der Waals surface area contributed by atoms with Crippen molar-refractivity contribution in [2.24, 2.45) is 23.7 Å². The molecule has 0 spiro atoms. The van der Waals surface area contributed by atoms with Gasteiger partial charge in [0, 0.05) is 80.8 Å². The van der Waals surface area contributed by atoms with Crippen LogP contribution >= 0.6 is 0 Å². The van der Waals surface area contributed by atoms with E-state index in [4.69, 9.17) is 23.7 Å². The highest BCUT2D eigenvalue weighted by Crippen LogP contribution is 2.54. The van der Waals surface area contributed by atoms with Crippen LogP contribution in [0.25, 0.3) is 10.8 Å². The van der Waals surface area contributed by atoms with E-state index in [1.165, 1.54) is 64.2 Å². The summed E-state index contributed by atoms with van der Waals surface area (Å²) in [6.45, 7) is 12.3. The van der Waals surface area contributed by atoms with Gasteiger partial charge in [0.2, 0.25) is 0 Å². The normalized spacial score (nSPS) is 28.9. The lowest BCUT2D eigenvalue weighted by Crippen LogP contribution is -2.46. The maximum atomic E-state index is 14.6. The molecule has 9 atom stereocenters. The quantitative estimate of drug-likeness (QED) is 0.135. The van der Waals surface area contributed by atoms with Crippen LogP contribution in [0.2, 0.25) is 0 Å². The Balaban J connectivity index is 1.65. The predicted octanol–water partition coefficient (Wildman–Crippen LogP) is 6.09. The molecule has 5 N–H and O–H groups in total. The van der Waals surface area contributed by atoms with Gasteiger partial charge in [-0.05, 0) is 25.5 Å². The predicted molar refractivity (Wildman–Crippen MR) is 231 cm³/mol. The molecule has 3 aromatic carbocycles. The maximum absolute atomic E-state index is 14.6. The van der Waals surface area contributed by atoms with Gasteiger partial charge in [0.15, 0.2) is 12.4 Å². The zero-order chi connectivity index (χ0) is 45.8. The summed E-state index contributed by atoms with van der Waals surface area (Å²) in [6.07, 6.45) is 3.56. The van der Waals surface area contributed by atoms with Gasteiger partial charge in [-0.3, -0.25) is 19.2 Å². The third kappa shape index (κ3) is 9.75. The summed E-state index contributed by atoms with van der Waals surface area (Å²) in [5.41, 5.74) is 0.823. The summed E-state index contributed by atoms with van der Waals surface area (Å²) < 4.78 is 29.8. The fourth-order valence-electron chi connectivity index (χ4n) is 7.94. The lowest BCUT2D eigenvalue weighted by Gasteiger charge is -2.38. The molecule has 3 aliphatic rings. The maximum Gasteiger partial charge on any atom is 0.312 e. The molecule has 62 heavy (non-hydrogen) atoms. The van der Waals surface area contributed by atoms with E-state index in [2.05, 4.69) is 5.32 Å². The number of phenols is 2. The van der Waals surface area contributed by atoms with E-state index in [-0.39, 0.29) is 51.2 Å². The monoisotopic (exact) mass is 858 g/mol. The van der Waals surface area contributed by atoms with Gasteiger partial charge in [-0.1, -0.05) is 76.3 Å². The number of likely N-dealkylation sites (N-methyl/N-ethyl adjacent to an activating group) is 1. The molecule has 0 aromatic heterocycles. The van der Waals surface area contributed by atoms with Crippen LogP contribution in [0, 0.1) is 30.6 Å². The summed E-state index contributed by atoms with van der Waals surface area (Å²) in [5.74, 6) is -8.21. The van der Waals surface area contributed by atoms with Crippen LogP contribution < -0.4 is 14.8 Å². The second kappa shape index (κ2) is 19.4. The first-order valence-electron chi connectivity index (χ1n) is 20.5. The third-order valence-corrected chi connectivity index (χ3v) is 11.9. The molecule has 0 fully saturated rings. The number of Topliss-reactive ketones (excluding diaryl/α,β-unsaturated/α-hetero) is 1. The second-order valence-corrected chi connectivity index (χ2v) is 16.4. The molecule has 0 saturated carbocycles. The Bertz CT molecular complexity index is 2270. The van der Waals surface area contributed by atoms with Gasteiger partial charge < -0.3 is 54.3 Å². The van der Waals surface area contributed by atoms with Crippen molar-refractivity contribution >= 4 is 40.0 Å². The summed E-state index contributed by atoms with van der Waals surface area (Å²) in [6, 6.07) is 10.6. The highest BCUT2D eigenvalue weighted by Gasteiger charge is 2.50. The topological polar surface area (TPSA) is 211 Å². The Kier molecular flexibility index (Phi) is 14.8. The van der Waals surface area contributed by atoms with E-state index in [0.29, 0.717) is 0 Å². The van der Waals surface area contributed by atoms with E-state index >= 15 is 0 Å². The Morgan fingerprint density at radius 2 is 1.61 bits per heavy atom. The number of fused-ring (bicyclic) bond motifs is 14. The lowest BCUT2D eigenvalue weighted by atomic mass is 9.78. The summed E-state index contributed by atoms with van der Waals surface area (Å²) in [4.78, 5) is 55.4. The average Bonchev–Trinajstić information content (AvgIpc) is 3.50. The number of aromatic hydroxyl groups is 2. The number of aliphatic hydroxyl groups excluding tert-OH is 2. The molecule has 15 heteroatoms. The minimum atomic E-state index is -2.04. The van der Waals surface area contributed by atoms with Crippen molar-refractivity contribution in [3.8, 4) is 23.0 Å². The molecule has 3 aliphatic heterocycles. The van der Waals surface area contributed by atoms with Gasteiger partial charge in [-0.25, -0.2) is 0 Å². The van der Waals surface area contributed by atoms with E-state index in [9.17, 15) is 39.6 Å². The number of esters is 1. The number of amides is 2. The largest absolute Gasteiger partial charge is 0.507 e. The van der Waals surface area contributed by atoms with Crippen LogP contribution in [0.4, 0.5) is 5.69 Å². The van der Waals surface area contributed by atoms with Gasteiger partial charge in [0.25, 0.3) is 17.6 Å². The number of benzene rings is 3. The Morgan fingerprint density at radius 3 is 2.26 bits per heavy atom. The van der Waals surface area contributed by atoms with Gasteiger partial charge in [0.05, 0.1) is 41.2 Å². The molecule has 9 unspecified atom stereocenters. The van der Waals surface area contributed by atoms with Crippen molar-refractivity contribution in [2.45, 2.75) is 92.1 Å². The number of rotatable bonds is 7. The summed E-state index contributed by atoms with van der Waals surface area (Å²) in [5, 5.41) is 48.6. The van der Waals surface area contributed by atoms with Gasteiger partial charge in [0.1, 0.15) is 23.4 Å². The molecule has 5 bridgehead atoms. The fourth-order valence-corrected chi connectivity index (χ4v) is 7.94. The zero-order valence-electron chi connectivity index (χ0n) is 36.8. The molecule has 334 valence electrons. The van der Waals surface area contributed by atoms with Crippen molar-refractivity contribution in [3.63, 3.8) is 0 Å². The number of allylic oxidation sites excluding steroid dienone is 2. The van der Waals surface area contributed by atoms with Crippen molar-refractivity contribution in [1.29, 1.82) is 0 Å². The number of nitrogens with zero attached hydrogens (tertiary/aromatic N) is 1. The smallest absolute Gasteiger partial charge is 0.312 e. The number of methoxy groups -OCH3 is 1. The van der Waals surface area contributed by atoms with Crippen LogP contribution in [0.3, 0.4) is 0 Å². The zero-order valence-corrected chi connectivity index (χ0v) is 36.8. The number of ether oxygens (including phenoxy) is 5. The van der Waals surface area contributed by atoms with Gasteiger partial charge in [-0.2, -0.15) is 0 Å². The van der Waals surface area contributed by atoms with Crippen LogP contribution in [0.5, 0.6) is 23.0 Å². The molecule has 6 rings (SSSR count). The second-order valence-electron chi connectivity index (χ2n) is 16.4. The molecule has 0 radical (unpaired) electrons. The Hall–Kier alpha value is -5.90. The summed E-state index contributed by atoms with van der Waals surface area (Å²) in [7, 11) is 3.04. The Labute approximate surface area is 361 Å². The number of ketones is 1. The Morgan fingerprint density at radius 1 is 0.935 bits per heavy atom. The van der Waals surface area contributed by atoms with Gasteiger partial charge in [-0.15, -0.1) is 0 Å². The summed E-state index contributed by atoms with van der Waals surface area (Å²) >= 11 is 0. The molecule has 3 heterocycles. The molecule has 15 nitrogen and oxygen atoms in total. The molecule has 0 aliphatic carbocycles. The number of anilines is 1. The minimum Gasteiger partial charge on any atom is -0.507 e. The molecule has 3 aromatic rings. The van der Waals surface area contributed by atoms with Crippen LogP contribution in [-0.2, 0) is 35.1 Å².